The van der Waals surface area contributed by atoms with Crippen molar-refractivity contribution >= 4 is 17.6 Å². The number of urea groups is 1. The van der Waals surface area contributed by atoms with Gasteiger partial charge in [-0.15, -0.1) is 0 Å². The molecule has 1 fully saturated rings. The van der Waals surface area contributed by atoms with Crippen molar-refractivity contribution in [2.24, 2.45) is 0 Å². The molecule has 0 aromatic heterocycles. The molecule has 26 heavy (non-hydrogen) atoms. The topological polar surface area (TPSA) is 80.3 Å². The molecule has 1 aliphatic heterocycles. The molecule has 1 aromatic carbocycles. The first-order valence-corrected chi connectivity index (χ1v) is 8.56. The van der Waals surface area contributed by atoms with E-state index in [0.29, 0.717) is 38.6 Å². The van der Waals surface area contributed by atoms with Crippen LogP contribution in [0, 0.1) is 0 Å². The quantitative estimate of drug-likeness (QED) is 0.709. The van der Waals surface area contributed by atoms with Crippen LogP contribution in [0.5, 0.6) is 5.75 Å². The van der Waals surface area contributed by atoms with Crippen LogP contribution < -0.4 is 15.0 Å². The van der Waals surface area contributed by atoms with Gasteiger partial charge in [-0.25, -0.2) is 4.79 Å². The minimum absolute atomic E-state index is 0.0242. The summed E-state index contributed by atoms with van der Waals surface area (Å²) >= 11 is 0. The normalized spacial score (nSPS) is 16.7. The van der Waals surface area contributed by atoms with Crippen LogP contribution >= 0.6 is 0 Å². The Morgan fingerprint density at radius 1 is 1.23 bits per heavy atom. The summed E-state index contributed by atoms with van der Waals surface area (Å²) in [7, 11) is 4.77. The fourth-order valence-corrected chi connectivity index (χ4v) is 2.82. The van der Waals surface area contributed by atoms with Gasteiger partial charge in [-0.2, -0.15) is 0 Å². The van der Waals surface area contributed by atoms with Gasteiger partial charge < -0.3 is 29.3 Å². The fourth-order valence-electron chi connectivity index (χ4n) is 2.82. The van der Waals surface area contributed by atoms with Crippen LogP contribution in [0.1, 0.15) is 6.42 Å². The third-order valence-corrected chi connectivity index (χ3v) is 4.24. The highest BCUT2D eigenvalue weighted by molar-refractivity contribution is 5.97. The number of anilines is 1. The van der Waals surface area contributed by atoms with Gasteiger partial charge >= 0.3 is 6.03 Å². The van der Waals surface area contributed by atoms with Gasteiger partial charge in [0, 0.05) is 52.0 Å². The molecule has 0 spiro atoms. The van der Waals surface area contributed by atoms with Crippen molar-refractivity contribution in [1.82, 2.24) is 10.2 Å². The zero-order valence-corrected chi connectivity index (χ0v) is 15.6. The Morgan fingerprint density at radius 2 is 1.92 bits per heavy atom. The van der Waals surface area contributed by atoms with Gasteiger partial charge in [0.15, 0.2) is 0 Å². The molecule has 8 heteroatoms. The van der Waals surface area contributed by atoms with Crippen molar-refractivity contribution in [3.05, 3.63) is 24.3 Å². The number of hydrogen-bond acceptors (Lipinski definition) is 5. The summed E-state index contributed by atoms with van der Waals surface area (Å²) in [6.07, 6.45) is 0.269. The number of amides is 3. The highest BCUT2D eigenvalue weighted by Crippen LogP contribution is 2.25. The van der Waals surface area contributed by atoms with Crippen molar-refractivity contribution in [3.8, 4) is 5.75 Å². The van der Waals surface area contributed by atoms with E-state index in [9.17, 15) is 9.59 Å². The number of hydrogen-bond donors (Lipinski definition) is 1. The number of methoxy groups -OCH3 is 3. The average Bonchev–Trinajstić information content (AvgIpc) is 3.01. The molecule has 1 atom stereocenters. The summed E-state index contributed by atoms with van der Waals surface area (Å²) < 4.78 is 15.3. The van der Waals surface area contributed by atoms with Gasteiger partial charge in [0.1, 0.15) is 5.75 Å². The van der Waals surface area contributed by atoms with Crippen LogP contribution in [0.3, 0.4) is 0 Å². The van der Waals surface area contributed by atoms with E-state index in [-0.39, 0.29) is 24.4 Å². The molecular weight excluding hydrogens is 338 g/mol. The molecule has 0 bridgehead atoms. The number of nitrogens with zero attached hydrogens (tertiary/aromatic N) is 2. The predicted octanol–water partition coefficient (Wildman–Crippen LogP) is 1.10. The van der Waals surface area contributed by atoms with Crippen molar-refractivity contribution in [1.29, 1.82) is 0 Å². The molecule has 1 heterocycles. The Balaban J connectivity index is 1.97. The SMILES string of the molecule is COCCN(CCOC)C(=O)N[C@@H]1CC(=O)N(c2cccc(OC)c2)C1. The molecule has 0 saturated carbocycles. The maximum Gasteiger partial charge on any atom is 0.317 e. The molecule has 8 nitrogen and oxygen atoms in total. The van der Waals surface area contributed by atoms with Crippen LogP contribution in [-0.4, -0.2) is 77.1 Å². The second-order valence-electron chi connectivity index (χ2n) is 6.03. The second-order valence-corrected chi connectivity index (χ2v) is 6.03. The Bertz CT molecular complexity index is 602. The molecule has 144 valence electrons. The van der Waals surface area contributed by atoms with Crippen molar-refractivity contribution in [3.63, 3.8) is 0 Å². The van der Waals surface area contributed by atoms with Gasteiger partial charge in [0.25, 0.3) is 0 Å². The Kier molecular flexibility index (Phi) is 7.68. The summed E-state index contributed by atoms with van der Waals surface area (Å²) in [4.78, 5) is 28.2. The monoisotopic (exact) mass is 365 g/mol. The Labute approximate surface area is 154 Å². The van der Waals surface area contributed by atoms with Gasteiger partial charge in [0.05, 0.1) is 26.4 Å². The number of carbonyl (C=O) groups excluding carboxylic acids is 2. The lowest BCUT2D eigenvalue weighted by Gasteiger charge is -2.24. The standard InChI is InChI=1S/C18H27N3O5/c1-24-9-7-20(8-10-25-2)18(23)19-14-11-17(22)21(13-14)15-5-4-6-16(12-15)26-3/h4-6,12,14H,7-11,13H2,1-3H3,(H,19,23)/t14-/m1/s1. The number of rotatable bonds is 9. The summed E-state index contributed by atoms with van der Waals surface area (Å²) in [6, 6.07) is 6.87. The van der Waals surface area contributed by atoms with E-state index in [4.69, 9.17) is 14.2 Å². The molecular formula is C18H27N3O5. The van der Waals surface area contributed by atoms with E-state index in [1.807, 2.05) is 24.3 Å². The first-order valence-electron chi connectivity index (χ1n) is 8.56. The van der Waals surface area contributed by atoms with Gasteiger partial charge in [0.2, 0.25) is 5.91 Å². The van der Waals surface area contributed by atoms with Crippen LogP contribution in [-0.2, 0) is 14.3 Å². The number of nitrogens with one attached hydrogen (secondary N) is 1. The summed E-state index contributed by atoms with van der Waals surface area (Å²) in [5.41, 5.74) is 0.765. The molecule has 0 unspecified atom stereocenters. The Hall–Kier alpha value is -2.32. The van der Waals surface area contributed by atoms with Crippen molar-refractivity contribution in [2.75, 3.05) is 59.1 Å². The Morgan fingerprint density at radius 3 is 2.54 bits per heavy atom. The van der Waals surface area contributed by atoms with E-state index in [0.717, 1.165) is 5.69 Å². The summed E-state index contributed by atoms with van der Waals surface area (Å²) in [5.74, 6) is 0.664. The van der Waals surface area contributed by atoms with Crippen LogP contribution in [0.25, 0.3) is 0 Å². The van der Waals surface area contributed by atoms with Gasteiger partial charge in [-0.05, 0) is 12.1 Å². The fraction of sp³-hybridized carbons (Fsp3) is 0.556. The van der Waals surface area contributed by atoms with Crippen molar-refractivity contribution in [2.45, 2.75) is 12.5 Å². The maximum absolute atomic E-state index is 12.5. The summed E-state index contributed by atoms with van der Waals surface area (Å²) in [5, 5.41) is 2.94. The third-order valence-electron chi connectivity index (χ3n) is 4.24. The maximum atomic E-state index is 12.5. The first-order chi connectivity index (χ1) is 12.6. The average molecular weight is 365 g/mol. The molecule has 1 saturated heterocycles. The van der Waals surface area contributed by atoms with Gasteiger partial charge in [-0.1, -0.05) is 6.07 Å². The second kappa shape index (κ2) is 9.98. The lowest BCUT2D eigenvalue weighted by Crippen LogP contribution is -2.47. The van der Waals surface area contributed by atoms with Crippen LogP contribution in [0.4, 0.5) is 10.5 Å². The molecule has 0 aliphatic carbocycles. The highest BCUT2D eigenvalue weighted by atomic mass is 16.5. The molecule has 3 amide bonds. The minimum atomic E-state index is -0.242. The molecule has 0 radical (unpaired) electrons. The van der Waals surface area contributed by atoms with Crippen LogP contribution in [0.2, 0.25) is 0 Å². The zero-order chi connectivity index (χ0) is 18.9. The molecule has 2 rings (SSSR count). The molecule has 1 N–H and O–H groups in total. The first kappa shape index (κ1) is 20.0. The number of benzene rings is 1. The lowest BCUT2D eigenvalue weighted by atomic mass is 10.2. The zero-order valence-electron chi connectivity index (χ0n) is 15.6. The van der Waals surface area contributed by atoms with Crippen molar-refractivity contribution < 1.29 is 23.8 Å². The summed E-state index contributed by atoms with van der Waals surface area (Å²) in [6.45, 7) is 2.24. The lowest BCUT2D eigenvalue weighted by molar-refractivity contribution is -0.117. The minimum Gasteiger partial charge on any atom is -0.497 e. The van der Waals surface area contributed by atoms with E-state index in [1.54, 1.807) is 31.1 Å². The molecule has 1 aromatic rings. The smallest absolute Gasteiger partial charge is 0.317 e. The van der Waals surface area contributed by atoms with Crippen LogP contribution in [0.15, 0.2) is 24.3 Å². The number of ether oxygens (including phenoxy) is 3. The predicted molar refractivity (Wildman–Crippen MR) is 97.6 cm³/mol. The van der Waals surface area contributed by atoms with Gasteiger partial charge in [-0.3, -0.25) is 4.79 Å². The van der Waals surface area contributed by atoms with E-state index in [2.05, 4.69) is 5.32 Å². The number of carbonyl (C=O) groups is 2. The third kappa shape index (κ3) is 5.34. The largest absolute Gasteiger partial charge is 0.497 e. The molecule has 1 aliphatic rings. The van der Waals surface area contributed by atoms with E-state index in [1.165, 1.54) is 0 Å². The van der Waals surface area contributed by atoms with E-state index < -0.39 is 0 Å². The van der Waals surface area contributed by atoms with E-state index >= 15 is 0 Å². The highest BCUT2D eigenvalue weighted by Gasteiger charge is 2.32.